The van der Waals surface area contributed by atoms with Gasteiger partial charge in [-0.25, -0.2) is 0 Å². The summed E-state index contributed by atoms with van der Waals surface area (Å²) in [5.74, 6) is -1.04. The van der Waals surface area contributed by atoms with E-state index in [0.717, 1.165) is 0 Å². The van der Waals surface area contributed by atoms with E-state index in [1.807, 2.05) is 6.07 Å². The third-order valence-electron chi connectivity index (χ3n) is 3.10. The Morgan fingerprint density at radius 2 is 2.21 bits per heavy atom. The number of hydrogen-bond acceptors (Lipinski definition) is 4. The molecule has 98 valence electrons. The van der Waals surface area contributed by atoms with Crippen LogP contribution in [0.2, 0.25) is 0 Å². The fourth-order valence-electron chi connectivity index (χ4n) is 2.11. The molecule has 0 saturated carbocycles. The lowest BCUT2D eigenvalue weighted by molar-refractivity contribution is -0.135. The molecule has 0 saturated heterocycles. The Labute approximate surface area is 110 Å². The monoisotopic (exact) mass is 259 g/mol. The summed E-state index contributed by atoms with van der Waals surface area (Å²) in [6.07, 6.45) is 0.250. The Kier molecular flexibility index (Phi) is 3.38. The van der Waals surface area contributed by atoms with Crippen LogP contribution in [0, 0.1) is 11.3 Å². The minimum atomic E-state index is -0.952. The molecule has 0 aliphatic carbocycles. The zero-order valence-corrected chi connectivity index (χ0v) is 10.5. The van der Waals surface area contributed by atoms with E-state index in [1.54, 1.807) is 30.1 Å². The Morgan fingerprint density at radius 3 is 2.84 bits per heavy atom. The highest BCUT2D eigenvalue weighted by molar-refractivity contribution is 5.99. The van der Waals surface area contributed by atoms with Crippen LogP contribution in [0.4, 0.5) is 11.4 Å². The molecule has 1 N–H and O–H groups in total. The highest BCUT2D eigenvalue weighted by Crippen LogP contribution is 2.32. The molecule has 0 fully saturated rings. The van der Waals surface area contributed by atoms with Crippen molar-refractivity contribution in [3.05, 3.63) is 23.8 Å². The van der Waals surface area contributed by atoms with Crippen molar-refractivity contribution < 1.29 is 14.7 Å². The number of rotatable bonds is 2. The molecule has 1 aromatic rings. The van der Waals surface area contributed by atoms with Gasteiger partial charge in [0.05, 0.1) is 23.0 Å². The predicted octanol–water partition coefficient (Wildman–Crippen LogP) is 0.816. The highest BCUT2D eigenvalue weighted by Gasteiger charge is 2.25. The number of carboxylic acid groups (broad SMARTS) is 1. The minimum Gasteiger partial charge on any atom is -0.480 e. The number of benzene rings is 1. The molecule has 19 heavy (non-hydrogen) atoms. The van der Waals surface area contributed by atoms with Gasteiger partial charge in [0.1, 0.15) is 6.54 Å². The van der Waals surface area contributed by atoms with E-state index in [0.29, 0.717) is 23.5 Å². The molecule has 6 nitrogen and oxygen atoms in total. The number of nitriles is 1. The van der Waals surface area contributed by atoms with Crippen LogP contribution in [0.25, 0.3) is 0 Å². The van der Waals surface area contributed by atoms with Crippen molar-refractivity contribution in [2.24, 2.45) is 0 Å². The van der Waals surface area contributed by atoms with Crippen LogP contribution in [0.5, 0.6) is 0 Å². The summed E-state index contributed by atoms with van der Waals surface area (Å²) in [6, 6.07) is 6.93. The fraction of sp³-hybridized carbons (Fsp3) is 0.308. The Hall–Kier alpha value is -2.55. The first kappa shape index (κ1) is 12.9. The van der Waals surface area contributed by atoms with E-state index in [9.17, 15) is 9.59 Å². The smallest absolute Gasteiger partial charge is 0.323 e. The number of nitrogens with zero attached hydrogens (tertiary/aromatic N) is 3. The fourth-order valence-corrected chi connectivity index (χ4v) is 2.11. The number of aliphatic carboxylic acids is 1. The normalized spacial score (nSPS) is 14.6. The third kappa shape index (κ3) is 2.50. The summed E-state index contributed by atoms with van der Waals surface area (Å²) < 4.78 is 0. The number of carbonyl (C=O) groups excluding carboxylic acids is 1. The standard InChI is InChI=1S/C13H13N3O3/c1-15-11-6-9(7-14)2-3-10(11)16(8-13(18)19)5-4-12(15)17/h2-3,6H,4-5,8H2,1H3,(H,18,19). The van der Waals surface area contributed by atoms with Gasteiger partial charge in [-0.1, -0.05) is 0 Å². The molecule has 1 heterocycles. The highest BCUT2D eigenvalue weighted by atomic mass is 16.4. The maximum atomic E-state index is 11.9. The molecule has 1 aliphatic heterocycles. The topological polar surface area (TPSA) is 84.6 Å². The van der Waals surface area contributed by atoms with Gasteiger partial charge < -0.3 is 14.9 Å². The molecule has 0 unspecified atom stereocenters. The largest absolute Gasteiger partial charge is 0.480 e. The third-order valence-corrected chi connectivity index (χ3v) is 3.10. The number of amides is 1. The van der Waals surface area contributed by atoms with Gasteiger partial charge in [0.15, 0.2) is 0 Å². The molecule has 2 rings (SSSR count). The second-order valence-electron chi connectivity index (χ2n) is 4.33. The van der Waals surface area contributed by atoms with E-state index < -0.39 is 5.97 Å². The number of fused-ring (bicyclic) bond motifs is 1. The molecule has 0 spiro atoms. The number of carbonyl (C=O) groups is 2. The number of anilines is 2. The molecule has 1 aromatic carbocycles. The zero-order valence-electron chi connectivity index (χ0n) is 10.5. The van der Waals surface area contributed by atoms with E-state index in [4.69, 9.17) is 10.4 Å². The Bertz CT molecular complexity index is 577. The second kappa shape index (κ2) is 4.98. The maximum absolute atomic E-state index is 11.9. The maximum Gasteiger partial charge on any atom is 0.323 e. The van der Waals surface area contributed by atoms with Crippen molar-refractivity contribution in [1.29, 1.82) is 5.26 Å². The van der Waals surface area contributed by atoms with Gasteiger partial charge >= 0.3 is 5.97 Å². The molecular weight excluding hydrogens is 246 g/mol. The van der Waals surface area contributed by atoms with Crippen LogP contribution >= 0.6 is 0 Å². The van der Waals surface area contributed by atoms with Gasteiger partial charge in [0.25, 0.3) is 0 Å². The lowest BCUT2D eigenvalue weighted by Crippen LogP contribution is -2.30. The van der Waals surface area contributed by atoms with Gasteiger partial charge in [0.2, 0.25) is 5.91 Å². The van der Waals surface area contributed by atoms with Crippen molar-refractivity contribution in [3.8, 4) is 6.07 Å². The summed E-state index contributed by atoms with van der Waals surface area (Å²) in [5, 5.41) is 17.8. The SMILES string of the molecule is CN1C(=O)CCN(CC(=O)O)c2ccc(C#N)cc21. The van der Waals surface area contributed by atoms with E-state index >= 15 is 0 Å². The number of carboxylic acids is 1. The first-order valence-electron chi connectivity index (χ1n) is 5.80. The van der Waals surface area contributed by atoms with Crippen molar-refractivity contribution in [2.75, 3.05) is 29.9 Å². The molecule has 0 radical (unpaired) electrons. The van der Waals surface area contributed by atoms with E-state index in [1.165, 1.54) is 4.90 Å². The average Bonchev–Trinajstić information content (AvgIpc) is 2.50. The van der Waals surface area contributed by atoms with Gasteiger partial charge in [-0.15, -0.1) is 0 Å². The molecule has 0 aromatic heterocycles. The average molecular weight is 259 g/mol. The molecular formula is C13H13N3O3. The van der Waals surface area contributed by atoms with Gasteiger partial charge in [-0.05, 0) is 18.2 Å². The van der Waals surface area contributed by atoms with Crippen LogP contribution in [0.15, 0.2) is 18.2 Å². The molecule has 0 atom stereocenters. The summed E-state index contributed by atoms with van der Waals surface area (Å²) in [7, 11) is 1.63. The Morgan fingerprint density at radius 1 is 1.47 bits per heavy atom. The van der Waals surface area contributed by atoms with E-state index in [-0.39, 0.29) is 18.9 Å². The minimum absolute atomic E-state index is 0.0933. The van der Waals surface area contributed by atoms with Gasteiger partial charge in [-0.2, -0.15) is 5.26 Å². The summed E-state index contributed by atoms with van der Waals surface area (Å²) in [4.78, 5) is 25.9. The summed E-state index contributed by atoms with van der Waals surface area (Å²) in [6.45, 7) is 0.189. The molecule has 1 aliphatic rings. The van der Waals surface area contributed by atoms with Gasteiger partial charge in [0, 0.05) is 20.0 Å². The first-order valence-corrected chi connectivity index (χ1v) is 5.80. The molecule has 0 bridgehead atoms. The molecule has 6 heteroatoms. The zero-order chi connectivity index (χ0) is 14.0. The van der Waals surface area contributed by atoms with Crippen LogP contribution in [0.1, 0.15) is 12.0 Å². The van der Waals surface area contributed by atoms with Crippen molar-refractivity contribution in [1.82, 2.24) is 0 Å². The van der Waals surface area contributed by atoms with Crippen LogP contribution < -0.4 is 9.80 Å². The second-order valence-corrected chi connectivity index (χ2v) is 4.33. The predicted molar refractivity (Wildman–Crippen MR) is 69.0 cm³/mol. The van der Waals surface area contributed by atoms with Crippen LogP contribution in [-0.4, -0.2) is 37.1 Å². The van der Waals surface area contributed by atoms with Gasteiger partial charge in [-0.3, -0.25) is 9.59 Å². The van der Waals surface area contributed by atoms with Crippen molar-refractivity contribution in [2.45, 2.75) is 6.42 Å². The van der Waals surface area contributed by atoms with E-state index in [2.05, 4.69) is 0 Å². The van der Waals surface area contributed by atoms with Crippen molar-refractivity contribution >= 4 is 23.3 Å². The Balaban J connectivity index is 2.51. The summed E-state index contributed by atoms with van der Waals surface area (Å²) in [5.41, 5.74) is 1.67. The molecule has 1 amide bonds. The number of hydrogen-bond donors (Lipinski definition) is 1. The lowest BCUT2D eigenvalue weighted by Gasteiger charge is -2.23. The lowest BCUT2D eigenvalue weighted by atomic mass is 10.1. The van der Waals surface area contributed by atoms with Crippen molar-refractivity contribution in [3.63, 3.8) is 0 Å². The van der Waals surface area contributed by atoms with Crippen LogP contribution in [0.3, 0.4) is 0 Å². The van der Waals surface area contributed by atoms with Crippen LogP contribution in [-0.2, 0) is 9.59 Å². The summed E-state index contributed by atoms with van der Waals surface area (Å²) >= 11 is 0. The quantitative estimate of drug-likeness (QED) is 0.849. The first-order chi connectivity index (χ1) is 9.02.